The molecule has 0 bridgehead atoms. The second kappa shape index (κ2) is 8.43. The zero-order chi connectivity index (χ0) is 22.2. The van der Waals surface area contributed by atoms with Crippen molar-refractivity contribution in [1.82, 2.24) is 4.98 Å². The van der Waals surface area contributed by atoms with Gasteiger partial charge >= 0.3 is 5.91 Å². The Kier molecular flexibility index (Phi) is 5.85. The molecule has 0 saturated heterocycles. The van der Waals surface area contributed by atoms with Gasteiger partial charge < -0.3 is 15.2 Å². The summed E-state index contributed by atoms with van der Waals surface area (Å²) in [5.74, 6) is -1.19. The predicted octanol–water partition coefficient (Wildman–Crippen LogP) is 6.49. The molecule has 0 spiro atoms. The summed E-state index contributed by atoms with van der Waals surface area (Å²) in [7, 11) is 0. The van der Waals surface area contributed by atoms with Gasteiger partial charge in [0.25, 0.3) is 0 Å². The number of amides is 1. The molecule has 4 aromatic rings. The average Bonchev–Trinajstić information content (AvgIpc) is 3.06. The van der Waals surface area contributed by atoms with Crippen molar-refractivity contribution in [1.29, 1.82) is 0 Å². The average molecular weight is 519 g/mol. The number of benzene rings is 3. The SMILES string of the molecule is O=C(N=Nc1c(O)[nH]c2ccc(Br)cc12)C(O)(c1ccc(Cl)cc1)c1ccc(Cl)cc1. The molecule has 1 amide bonds. The van der Waals surface area contributed by atoms with Crippen LogP contribution in [0.4, 0.5) is 5.69 Å². The van der Waals surface area contributed by atoms with Gasteiger partial charge in [0.1, 0.15) is 0 Å². The number of rotatable bonds is 4. The molecule has 0 aliphatic rings. The van der Waals surface area contributed by atoms with Crippen molar-refractivity contribution in [2.45, 2.75) is 5.60 Å². The first kappa shape index (κ1) is 21.5. The smallest absolute Gasteiger partial charge is 0.305 e. The van der Waals surface area contributed by atoms with E-state index >= 15 is 0 Å². The molecular formula is C22H14BrCl2N3O3. The topological polar surface area (TPSA) is 98.0 Å². The molecule has 0 radical (unpaired) electrons. The molecule has 0 atom stereocenters. The molecule has 31 heavy (non-hydrogen) atoms. The van der Waals surface area contributed by atoms with Crippen molar-refractivity contribution in [3.05, 3.63) is 92.4 Å². The van der Waals surface area contributed by atoms with Gasteiger partial charge in [0, 0.05) is 19.9 Å². The lowest BCUT2D eigenvalue weighted by molar-refractivity contribution is -0.133. The van der Waals surface area contributed by atoms with E-state index in [1.54, 1.807) is 42.5 Å². The lowest BCUT2D eigenvalue weighted by Crippen LogP contribution is -2.35. The number of halogens is 3. The maximum Gasteiger partial charge on any atom is 0.305 e. The number of hydrogen-bond donors (Lipinski definition) is 3. The van der Waals surface area contributed by atoms with Gasteiger partial charge in [-0.25, -0.2) is 0 Å². The molecule has 0 aliphatic heterocycles. The zero-order valence-electron chi connectivity index (χ0n) is 15.7. The maximum absolute atomic E-state index is 13.2. The van der Waals surface area contributed by atoms with Crippen molar-refractivity contribution >= 4 is 61.6 Å². The van der Waals surface area contributed by atoms with Crippen LogP contribution in [0.5, 0.6) is 5.88 Å². The quantitative estimate of drug-likeness (QED) is 0.269. The van der Waals surface area contributed by atoms with Crippen molar-refractivity contribution < 1.29 is 15.0 Å². The van der Waals surface area contributed by atoms with Crippen LogP contribution in [0.2, 0.25) is 10.0 Å². The Balaban J connectivity index is 1.80. The van der Waals surface area contributed by atoms with Crippen LogP contribution in [0.1, 0.15) is 11.1 Å². The van der Waals surface area contributed by atoms with Gasteiger partial charge in [-0.05, 0) is 53.6 Å². The van der Waals surface area contributed by atoms with E-state index < -0.39 is 11.5 Å². The monoisotopic (exact) mass is 517 g/mol. The van der Waals surface area contributed by atoms with E-state index in [1.165, 1.54) is 24.3 Å². The highest BCUT2D eigenvalue weighted by Crippen LogP contribution is 2.38. The molecule has 0 aliphatic carbocycles. The summed E-state index contributed by atoms with van der Waals surface area (Å²) in [6, 6.07) is 17.6. The Hall–Kier alpha value is -2.71. The van der Waals surface area contributed by atoms with Crippen molar-refractivity contribution in [3.63, 3.8) is 0 Å². The summed E-state index contributed by atoms with van der Waals surface area (Å²) < 4.78 is 0.764. The zero-order valence-corrected chi connectivity index (χ0v) is 18.8. The minimum Gasteiger partial charge on any atom is -0.493 e. The van der Waals surface area contributed by atoms with Gasteiger partial charge in [-0.3, -0.25) is 4.79 Å². The minimum atomic E-state index is -2.14. The first-order valence-corrected chi connectivity index (χ1v) is 10.5. The number of aliphatic hydroxyl groups is 1. The molecule has 4 rings (SSSR count). The molecule has 0 unspecified atom stereocenters. The third-order valence-electron chi connectivity index (χ3n) is 4.79. The molecule has 9 heteroatoms. The fourth-order valence-corrected chi connectivity index (χ4v) is 3.81. The number of aromatic hydroxyl groups is 1. The van der Waals surface area contributed by atoms with E-state index in [9.17, 15) is 15.0 Å². The van der Waals surface area contributed by atoms with E-state index in [1.807, 2.05) is 0 Å². The Morgan fingerprint density at radius 3 is 2.03 bits per heavy atom. The molecule has 1 heterocycles. The Morgan fingerprint density at radius 1 is 0.935 bits per heavy atom. The molecule has 156 valence electrons. The number of nitrogens with zero attached hydrogens (tertiary/aromatic N) is 2. The Labute approximate surface area is 195 Å². The van der Waals surface area contributed by atoms with Crippen LogP contribution in [0, 0.1) is 0 Å². The number of hydrogen-bond acceptors (Lipinski definition) is 4. The number of nitrogens with one attached hydrogen (secondary N) is 1. The van der Waals surface area contributed by atoms with E-state index in [0.717, 1.165) is 4.47 Å². The van der Waals surface area contributed by atoms with Gasteiger partial charge in [0.05, 0.1) is 5.52 Å². The predicted molar refractivity (Wildman–Crippen MR) is 123 cm³/mol. The van der Waals surface area contributed by atoms with Crippen LogP contribution in [-0.4, -0.2) is 21.1 Å². The van der Waals surface area contributed by atoms with Gasteiger partial charge in [0.2, 0.25) is 5.88 Å². The molecule has 3 N–H and O–H groups in total. The number of carbonyl (C=O) groups is 1. The lowest BCUT2D eigenvalue weighted by Gasteiger charge is -2.25. The normalized spacial score (nSPS) is 12.0. The first-order valence-electron chi connectivity index (χ1n) is 9.00. The fourth-order valence-electron chi connectivity index (χ4n) is 3.20. The summed E-state index contributed by atoms with van der Waals surface area (Å²) in [5, 5.41) is 30.9. The van der Waals surface area contributed by atoms with Gasteiger partial charge in [-0.1, -0.05) is 63.4 Å². The van der Waals surface area contributed by atoms with E-state index in [-0.39, 0.29) is 22.7 Å². The number of azo groups is 1. The van der Waals surface area contributed by atoms with E-state index in [2.05, 4.69) is 31.1 Å². The van der Waals surface area contributed by atoms with Crippen LogP contribution in [0.3, 0.4) is 0 Å². The van der Waals surface area contributed by atoms with Crippen LogP contribution < -0.4 is 0 Å². The summed E-state index contributed by atoms with van der Waals surface area (Å²) in [6.07, 6.45) is 0. The molecule has 6 nitrogen and oxygen atoms in total. The standard InChI is InChI=1S/C22H14BrCl2N3O3/c23-14-5-10-18-17(11-14)19(20(29)26-18)27-28-21(30)22(31,12-1-6-15(24)7-2-12)13-3-8-16(25)9-4-13/h1-11,26,29,31H. The third-order valence-corrected chi connectivity index (χ3v) is 5.79. The summed E-state index contributed by atoms with van der Waals surface area (Å²) in [6.45, 7) is 0. The highest BCUT2D eigenvalue weighted by molar-refractivity contribution is 9.10. The second-order valence-electron chi connectivity index (χ2n) is 6.74. The van der Waals surface area contributed by atoms with Crippen LogP contribution >= 0.6 is 39.1 Å². The molecule has 3 aromatic carbocycles. The van der Waals surface area contributed by atoms with Gasteiger partial charge in [0.15, 0.2) is 11.3 Å². The molecule has 0 fully saturated rings. The second-order valence-corrected chi connectivity index (χ2v) is 8.53. The number of aromatic nitrogens is 1. The van der Waals surface area contributed by atoms with Gasteiger partial charge in [-0.2, -0.15) is 0 Å². The Morgan fingerprint density at radius 2 is 1.48 bits per heavy atom. The summed E-state index contributed by atoms with van der Waals surface area (Å²) in [4.78, 5) is 15.9. The molecule has 0 saturated carbocycles. The Bertz CT molecular complexity index is 1260. The van der Waals surface area contributed by atoms with Crippen molar-refractivity contribution in [2.24, 2.45) is 10.2 Å². The number of carbonyl (C=O) groups excluding carboxylic acids is 1. The largest absolute Gasteiger partial charge is 0.493 e. The van der Waals surface area contributed by atoms with Crippen LogP contribution in [0.15, 0.2) is 81.4 Å². The number of H-pyrrole nitrogens is 1. The van der Waals surface area contributed by atoms with E-state index in [0.29, 0.717) is 20.9 Å². The fraction of sp³-hybridized carbons (Fsp3) is 0.0455. The lowest BCUT2D eigenvalue weighted by atomic mass is 9.86. The van der Waals surface area contributed by atoms with Gasteiger partial charge in [-0.15, -0.1) is 10.2 Å². The van der Waals surface area contributed by atoms with Crippen molar-refractivity contribution in [3.8, 4) is 5.88 Å². The van der Waals surface area contributed by atoms with Crippen LogP contribution in [-0.2, 0) is 10.4 Å². The van der Waals surface area contributed by atoms with E-state index in [4.69, 9.17) is 23.2 Å². The molecular weight excluding hydrogens is 505 g/mol. The third kappa shape index (κ3) is 4.09. The summed E-state index contributed by atoms with van der Waals surface area (Å²) in [5.41, 5.74) is -0.920. The maximum atomic E-state index is 13.2. The van der Waals surface area contributed by atoms with Crippen LogP contribution in [0.25, 0.3) is 10.9 Å². The first-order chi connectivity index (χ1) is 14.8. The highest BCUT2D eigenvalue weighted by atomic mass is 79.9. The van der Waals surface area contributed by atoms with Crippen molar-refractivity contribution in [2.75, 3.05) is 0 Å². The number of fused-ring (bicyclic) bond motifs is 1. The minimum absolute atomic E-state index is 0.0826. The number of aromatic amines is 1. The summed E-state index contributed by atoms with van der Waals surface area (Å²) >= 11 is 15.3. The highest BCUT2D eigenvalue weighted by Gasteiger charge is 2.40. The molecule has 1 aromatic heterocycles.